The standard InChI is InChI=1S/C20H20ClN5/c1-25-12-24-17-10-14(3-5-18(17)25)8-13-2-4-15(9-13)26-7-6-16-19(21)22-11-23-20(16)26/h3,5-7,10-13,15H,2,4,8-9H2,1H3. The second kappa shape index (κ2) is 6.09. The van der Waals surface area contributed by atoms with Crippen molar-refractivity contribution in [1.82, 2.24) is 24.1 Å². The van der Waals surface area contributed by atoms with Crippen molar-refractivity contribution in [3.63, 3.8) is 0 Å². The van der Waals surface area contributed by atoms with Gasteiger partial charge in [0, 0.05) is 19.3 Å². The van der Waals surface area contributed by atoms with Gasteiger partial charge in [0.1, 0.15) is 17.1 Å². The maximum absolute atomic E-state index is 6.19. The number of aromatic nitrogens is 5. The van der Waals surface area contributed by atoms with Crippen LogP contribution in [-0.2, 0) is 13.5 Å². The molecule has 5 nitrogen and oxygen atoms in total. The molecule has 0 bridgehead atoms. The van der Waals surface area contributed by atoms with Crippen LogP contribution in [0.25, 0.3) is 22.1 Å². The SMILES string of the molecule is Cn1cnc2cc(CC3CCC(n4ccc5c(Cl)ncnc54)C3)ccc21. The Morgan fingerprint density at radius 1 is 1.15 bits per heavy atom. The quantitative estimate of drug-likeness (QED) is 0.500. The summed E-state index contributed by atoms with van der Waals surface area (Å²) in [5.74, 6) is 0.691. The average molecular weight is 366 g/mol. The molecule has 132 valence electrons. The molecule has 0 saturated heterocycles. The van der Waals surface area contributed by atoms with Gasteiger partial charge in [0.05, 0.1) is 22.7 Å². The third-order valence-corrected chi connectivity index (χ3v) is 5.98. The van der Waals surface area contributed by atoms with E-state index in [9.17, 15) is 0 Å². The van der Waals surface area contributed by atoms with Crippen molar-refractivity contribution in [2.45, 2.75) is 31.7 Å². The van der Waals surface area contributed by atoms with E-state index in [-0.39, 0.29) is 0 Å². The number of benzene rings is 1. The third-order valence-electron chi connectivity index (χ3n) is 5.68. The second-order valence-electron chi connectivity index (χ2n) is 7.34. The molecule has 0 N–H and O–H groups in total. The van der Waals surface area contributed by atoms with Gasteiger partial charge >= 0.3 is 0 Å². The summed E-state index contributed by atoms with van der Waals surface area (Å²) < 4.78 is 4.35. The van der Waals surface area contributed by atoms with Gasteiger partial charge in [-0.15, -0.1) is 0 Å². The van der Waals surface area contributed by atoms with E-state index >= 15 is 0 Å². The lowest BCUT2D eigenvalue weighted by molar-refractivity contribution is 0.483. The molecule has 4 aromatic rings. The summed E-state index contributed by atoms with van der Waals surface area (Å²) in [6.45, 7) is 0. The summed E-state index contributed by atoms with van der Waals surface area (Å²) >= 11 is 6.19. The van der Waals surface area contributed by atoms with E-state index in [4.69, 9.17) is 11.6 Å². The third kappa shape index (κ3) is 2.58. The molecule has 1 aliphatic rings. The fraction of sp³-hybridized carbons (Fsp3) is 0.350. The van der Waals surface area contributed by atoms with Crippen LogP contribution in [0.15, 0.2) is 43.1 Å². The first kappa shape index (κ1) is 15.8. The van der Waals surface area contributed by atoms with Crippen LogP contribution in [0.5, 0.6) is 0 Å². The molecular weight excluding hydrogens is 346 g/mol. The van der Waals surface area contributed by atoms with Crippen LogP contribution in [0.4, 0.5) is 0 Å². The number of halogens is 1. The van der Waals surface area contributed by atoms with Gasteiger partial charge in [-0.1, -0.05) is 17.7 Å². The van der Waals surface area contributed by atoms with Crippen LogP contribution in [-0.4, -0.2) is 24.1 Å². The Bertz CT molecular complexity index is 1100. The maximum Gasteiger partial charge on any atom is 0.145 e. The smallest absolute Gasteiger partial charge is 0.145 e. The molecule has 1 fully saturated rings. The minimum Gasteiger partial charge on any atom is -0.334 e. The largest absolute Gasteiger partial charge is 0.334 e. The number of fused-ring (bicyclic) bond motifs is 2. The normalized spacial score (nSPS) is 20.4. The van der Waals surface area contributed by atoms with Crippen molar-refractivity contribution in [2.24, 2.45) is 13.0 Å². The summed E-state index contributed by atoms with van der Waals surface area (Å²) in [7, 11) is 2.04. The van der Waals surface area contributed by atoms with E-state index in [1.807, 2.05) is 19.4 Å². The lowest BCUT2D eigenvalue weighted by Gasteiger charge is -2.14. The van der Waals surface area contributed by atoms with Crippen LogP contribution >= 0.6 is 11.6 Å². The summed E-state index contributed by atoms with van der Waals surface area (Å²) in [5, 5.41) is 1.48. The van der Waals surface area contributed by atoms with Gasteiger partial charge in [0.2, 0.25) is 0 Å². The zero-order valence-electron chi connectivity index (χ0n) is 14.6. The van der Waals surface area contributed by atoms with Crippen LogP contribution < -0.4 is 0 Å². The second-order valence-corrected chi connectivity index (χ2v) is 7.70. The molecule has 0 spiro atoms. The highest BCUT2D eigenvalue weighted by molar-refractivity contribution is 6.33. The van der Waals surface area contributed by atoms with Crippen LogP contribution in [0.3, 0.4) is 0 Å². The van der Waals surface area contributed by atoms with Gasteiger partial charge in [0.15, 0.2) is 0 Å². The molecule has 1 saturated carbocycles. The highest BCUT2D eigenvalue weighted by atomic mass is 35.5. The first-order valence-corrected chi connectivity index (χ1v) is 9.44. The molecular formula is C20H20ClN5. The fourth-order valence-corrected chi connectivity index (χ4v) is 4.55. The number of rotatable bonds is 3. The molecule has 5 rings (SSSR count). The van der Waals surface area contributed by atoms with Gasteiger partial charge in [-0.3, -0.25) is 0 Å². The molecule has 2 atom stereocenters. The predicted octanol–water partition coefficient (Wildman–Crippen LogP) is 4.56. The molecule has 0 aliphatic heterocycles. The molecule has 3 heterocycles. The Kier molecular flexibility index (Phi) is 3.71. The molecule has 0 radical (unpaired) electrons. The zero-order chi connectivity index (χ0) is 17.7. The van der Waals surface area contributed by atoms with Crippen LogP contribution in [0.1, 0.15) is 30.9 Å². The fourth-order valence-electron chi connectivity index (χ4n) is 4.36. The predicted molar refractivity (Wildman–Crippen MR) is 103 cm³/mol. The molecule has 1 aliphatic carbocycles. The van der Waals surface area contributed by atoms with E-state index in [0.717, 1.165) is 23.0 Å². The van der Waals surface area contributed by atoms with Crippen molar-refractivity contribution in [3.8, 4) is 0 Å². The maximum atomic E-state index is 6.19. The first-order valence-electron chi connectivity index (χ1n) is 9.06. The summed E-state index contributed by atoms with van der Waals surface area (Å²) in [6.07, 6.45) is 10.2. The van der Waals surface area contributed by atoms with Gasteiger partial charge in [-0.05, 0) is 55.4 Å². The molecule has 26 heavy (non-hydrogen) atoms. The van der Waals surface area contributed by atoms with Gasteiger partial charge < -0.3 is 9.13 Å². The van der Waals surface area contributed by atoms with Crippen molar-refractivity contribution in [1.29, 1.82) is 0 Å². The summed E-state index contributed by atoms with van der Waals surface area (Å²) in [5.41, 5.74) is 4.60. The van der Waals surface area contributed by atoms with Gasteiger partial charge in [-0.25, -0.2) is 15.0 Å². The Labute approximate surface area is 156 Å². The Morgan fingerprint density at radius 3 is 3.00 bits per heavy atom. The molecule has 0 amide bonds. The minimum atomic E-state index is 0.488. The average Bonchev–Trinajstić information content (AvgIpc) is 3.34. The van der Waals surface area contributed by atoms with Crippen LogP contribution in [0.2, 0.25) is 5.15 Å². The topological polar surface area (TPSA) is 48.5 Å². The Morgan fingerprint density at radius 2 is 2.08 bits per heavy atom. The lowest BCUT2D eigenvalue weighted by atomic mass is 9.97. The summed E-state index contributed by atoms with van der Waals surface area (Å²) in [4.78, 5) is 13.0. The van der Waals surface area contributed by atoms with Crippen molar-refractivity contribution >= 4 is 33.7 Å². The number of hydrogen-bond donors (Lipinski definition) is 0. The van der Waals surface area contributed by atoms with Gasteiger partial charge in [0.25, 0.3) is 0 Å². The molecule has 6 heteroatoms. The monoisotopic (exact) mass is 365 g/mol. The number of imidazole rings is 1. The van der Waals surface area contributed by atoms with Crippen molar-refractivity contribution < 1.29 is 0 Å². The number of aryl methyl sites for hydroxylation is 1. The highest BCUT2D eigenvalue weighted by Gasteiger charge is 2.27. The van der Waals surface area contributed by atoms with Crippen LogP contribution in [0, 0.1) is 5.92 Å². The number of nitrogens with zero attached hydrogens (tertiary/aromatic N) is 5. The van der Waals surface area contributed by atoms with E-state index in [2.05, 4.69) is 48.5 Å². The number of hydrogen-bond acceptors (Lipinski definition) is 3. The molecule has 3 aromatic heterocycles. The van der Waals surface area contributed by atoms with E-state index in [1.54, 1.807) is 6.33 Å². The first-order chi connectivity index (χ1) is 12.7. The molecule has 2 unspecified atom stereocenters. The molecule has 1 aromatic carbocycles. The van der Waals surface area contributed by atoms with E-state index in [0.29, 0.717) is 17.1 Å². The van der Waals surface area contributed by atoms with E-state index < -0.39 is 0 Å². The van der Waals surface area contributed by atoms with Crippen molar-refractivity contribution in [2.75, 3.05) is 0 Å². The lowest BCUT2D eigenvalue weighted by Crippen LogP contribution is -2.06. The van der Waals surface area contributed by atoms with Gasteiger partial charge in [-0.2, -0.15) is 0 Å². The van der Waals surface area contributed by atoms with Crippen molar-refractivity contribution in [3.05, 3.63) is 53.8 Å². The summed E-state index contributed by atoms with van der Waals surface area (Å²) in [6, 6.07) is 9.18. The zero-order valence-corrected chi connectivity index (χ0v) is 15.4. The minimum absolute atomic E-state index is 0.488. The Hall–Kier alpha value is -2.40. The Balaban J connectivity index is 1.35. The highest BCUT2D eigenvalue weighted by Crippen LogP contribution is 2.38. The van der Waals surface area contributed by atoms with E-state index in [1.165, 1.54) is 30.3 Å².